The zero-order valence-corrected chi connectivity index (χ0v) is 12.8. The third-order valence-electron chi connectivity index (χ3n) is 2.90. The maximum atomic E-state index is 11.0. The Morgan fingerprint density at radius 2 is 2.20 bits per heavy atom. The molecule has 6 heteroatoms. The minimum atomic E-state index is -0.880. The van der Waals surface area contributed by atoms with E-state index in [1.807, 2.05) is 26.0 Å². The fraction of sp³-hybridized carbons (Fsp3) is 0.286. The second-order valence-corrected chi connectivity index (χ2v) is 6.20. The number of aryl methyl sites for hydroxylation is 2. The molecule has 1 heterocycles. The molecule has 0 spiro atoms. The largest absolute Gasteiger partial charge is 0.480 e. The van der Waals surface area contributed by atoms with Gasteiger partial charge in [0.25, 0.3) is 0 Å². The standard InChI is InChI=1S/C14H15ClN2O2S/c1-9-10(2)20-13(16-9)7-17(8-14(18)19)12-5-3-4-11(15)6-12/h3-6H,7-8H2,1-2H3,(H,18,19). The Morgan fingerprint density at radius 3 is 2.75 bits per heavy atom. The average molecular weight is 311 g/mol. The number of aromatic nitrogens is 1. The van der Waals surface area contributed by atoms with Gasteiger partial charge in [-0.25, -0.2) is 4.98 Å². The molecule has 0 aliphatic carbocycles. The number of aliphatic carboxylic acids is 1. The first-order valence-corrected chi connectivity index (χ1v) is 7.30. The lowest BCUT2D eigenvalue weighted by molar-refractivity contribution is -0.135. The molecule has 0 fully saturated rings. The van der Waals surface area contributed by atoms with E-state index in [1.165, 1.54) is 0 Å². The van der Waals surface area contributed by atoms with Crippen LogP contribution in [0.3, 0.4) is 0 Å². The molecular formula is C14H15ClN2O2S. The van der Waals surface area contributed by atoms with Crippen LogP contribution in [0.1, 0.15) is 15.6 Å². The number of nitrogens with zero attached hydrogens (tertiary/aromatic N) is 2. The first-order chi connectivity index (χ1) is 9.45. The van der Waals surface area contributed by atoms with Crippen molar-refractivity contribution in [3.63, 3.8) is 0 Å². The van der Waals surface area contributed by atoms with E-state index in [0.29, 0.717) is 11.6 Å². The zero-order chi connectivity index (χ0) is 14.7. The number of hydrogen-bond donors (Lipinski definition) is 1. The Balaban J connectivity index is 2.25. The van der Waals surface area contributed by atoms with Crippen molar-refractivity contribution in [2.45, 2.75) is 20.4 Å². The van der Waals surface area contributed by atoms with Gasteiger partial charge in [-0.1, -0.05) is 17.7 Å². The molecular weight excluding hydrogens is 296 g/mol. The summed E-state index contributed by atoms with van der Waals surface area (Å²) in [7, 11) is 0. The summed E-state index contributed by atoms with van der Waals surface area (Å²) in [4.78, 5) is 18.4. The van der Waals surface area contributed by atoms with Crippen LogP contribution in [0.5, 0.6) is 0 Å². The van der Waals surface area contributed by atoms with Gasteiger partial charge in [-0.15, -0.1) is 11.3 Å². The van der Waals surface area contributed by atoms with Crippen LogP contribution in [-0.2, 0) is 11.3 Å². The van der Waals surface area contributed by atoms with Crippen LogP contribution < -0.4 is 4.90 Å². The van der Waals surface area contributed by atoms with E-state index in [9.17, 15) is 4.79 Å². The molecule has 106 valence electrons. The normalized spacial score (nSPS) is 10.6. The number of rotatable bonds is 5. The molecule has 0 radical (unpaired) electrons. The number of carbonyl (C=O) groups is 1. The van der Waals surface area contributed by atoms with E-state index in [4.69, 9.17) is 16.7 Å². The molecule has 4 nitrogen and oxygen atoms in total. The van der Waals surface area contributed by atoms with Gasteiger partial charge < -0.3 is 10.0 Å². The van der Waals surface area contributed by atoms with Crippen molar-refractivity contribution < 1.29 is 9.90 Å². The van der Waals surface area contributed by atoms with Crippen molar-refractivity contribution in [2.24, 2.45) is 0 Å². The highest BCUT2D eigenvalue weighted by molar-refractivity contribution is 7.11. The summed E-state index contributed by atoms with van der Waals surface area (Å²) in [5, 5.41) is 10.6. The van der Waals surface area contributed by atoms with Gasteiger partial charge in [-0.2, -0.15) is 0 Å². The smallest absolute Gasteiger partial charge is 0.323 e. The van der Waals surface area contributed by atoms with Crippen molar-refractivity contribution in [2.75, 3.05) is 11.4 Å². The number of carboxylic acids is 1. The van der Waals surface area contributed by atoms with E-state index in [2.05, 4.69) is 4.98 Å². The topological polar surface area (TPSA) is 53.4 Å². The Hall–Kier alpha value is -1.59. The van der Waals surface area contributed by atoms with E-state index in [0.717, 1.165) is 21.3 Å². The maximum Gasteiger partial charge on any atom is 0.323 e. The molecule has 0 atom stereocenters. The summed E-state index contributed by atoms with van der Waals surface area (Å²) in [6.07, 6.45) is 0. The molecule has 0 aliphatic heterocycles. The van der Waals surface area contributed by atoms with Gasteiger partial charge in [0.2, 0.25) is 0 Å². The molecule has 1 aromatic heterocycles. The van der Waals surface area contributed by atoms with Gasteiger partial charge in [-0.3, -0.25) is 4.79 Å². The summed E-state index contributed by atoms with van der Waals surface area (Å²) in [5.74, 6) is -0.880. The molecule has 1 aromatic carbocycles. The quantitative estimate of drug-likeness (QED) is 0.918. The van der Waals surface area contributed by atoms with Crippen LogP contribution in [0.15, 0.2) is 24.3 Å². The van der Waals surface area contributed by atoms with Crippen LogP contribution in [0.25, 0.3) is 0 Å². The summed E-state index contributed by atoms with van der Waals surface area (Å²) < 4.78 is 0. The summed E-state index contributed by atoms with van der Waals surface area (Å²) in [6, 6.07) is 7.19. The first kappa shape index (κ1) is 14.8. The van der Waals surface area contributed by atoms with Crippen molar-refractivity contribution in [1.29, 1.82) is 0 Å². The zero-order valence-electron chi connectivity index (χ0n) is 11.3. The van der Waals surface area contributed by atoms with Gasteiger partial charge in [0.05, 0.1) is 12.2 Å². The lowest BCUT2D eigenvalue weighted by Gasteiger charge is -2.21. The van der Waals surface area contributed by atoms with Crippen LogP contribution in [-0.4, -0.2) is 22.6 Å². The number of halogens is 1. The predicted molar refractivity (Wildman–Crippen MR) is 81.7 cm³/mol. The van der Waals surface area contributed by atoms with E-state index in [-0.39, 0.29) is 6.54 Å². The van der Waals surface area contributed by atoms with Crippen LogP contribution in [0.4, 0.5) is 5.69 Å². The Bertz CT molecular complexity index is 608. The van der Waals surface area contributed by atoms with Gasteiger partial charge in [-0.05, 0) is 32.0 Å². The highest BCUT2D eigenvalue weighted by Gasteiger charge is 2.14. The number of benzene rings is 1. The van der Waals surface area contributed by atoms with E-state index < -0.39 is 5.97 Å². The number of anilines is 1. The fourth-order valence-corrected chi connectivity index (χ4v) is 2.98. The van der Waals surface area contributed by atoms with Crippen molar-refractivity contribution >= 4 is 34.6 Å². The maximum absolute atomic E-state index is 11.0. The highest BCUT2D eigenvalue weighted by atomic mass is 35.5. The lowest BCUT2D eigenvalue weighted by atomic mass is 10.3. The Kier molecular flexibility index (Phi) is 4.62. The van der Waals surface area contributed by atoms with Gasteiger partial charge in [0, 0.05) is 15.6 Å². The Morgan fingerprint density at radius 1 is 1.45 bits per heavy atom. The van der Waals surface area contributed by atoms with Crippen LogP contribution in [0.2, 0.25) is 5.02 Å². The predicted octanol–water partition coefficient (Wildman–Crippen LogP) is 3.50. The summed E-state index contributed by atoms with van der Waals surface area (Å²) >= 11 is 7.56. The molecule has 0 saturated heterocycles. The third-order valence-corrected chi connectivity index (χ3v) is 4.19. The molecule has 1 N–H and O–H groups in total. The number of carboxylic acid groups (broad SMARTS) is 1. The SMILES string of the molecule is Cc1nc(CN(CC(=O)O)c2cccc(Cl)c2)sc1C. The molecule has 0 unspecified atom stereocenters. The van der Waals surface area contributed by atoms with Crippen LogP contribution in [0, 0.1) is 13.8 Å². The lowest BCUT2D eigenvalue weighted by Crippen LogP contribution is -2.29. The summed E-state index contributed by atoms with van der Waals surface area (Å²) in [5.41, 5.74) is 1.77. The third kappa shape index (κ3) is 3.71. The van der Waals surface area contributed by atoms with Crippen molar-refractivity contribution in [3.05, 3.63) is 44.9 Å². The minimum Gasteiger partial charge on any atom is -0.480 e. The second kappa shape index (κ2) is 6.24. The molecule has 20 heavy (non-hydrogen) atoms. The van der Waals surface area contributed by atoms with Gasteiger partial charge in [0.15, 0.2) is 0 Å². The van der Waals surface area contributed by atoms with Crippen molar-refractivity contribution in [1.82, 2.24) is 4.98 Å². The van der Waals surface area contributed by atoms with Crippen molar-refractivity contribution in [3.8, 4) is 0 Å². The molecule has 0 bridgehead atoms. The number of thiazole rings is 1. The molecule has 0 amide bonds. The first-order valence-electron chi connectivity index (χ1n) is 6.11. The highest BCUT2D eigenvalue weighted by Crippen LogP contribution is 2.24. The van der Waals surface area contributed by atoms with Crippen LogP contribution >= 0.6 is 22.9 Å². The number of hydrogen-bond acceptors (Lipinski definition) is 4. The molecule has 0 aliphatic rings. The Labute approximate surface area is 126 Å². The molecule has 2 rings (SSSR count). The monoisotopic (exact) mass is 310 g/mol. The van der Waals surface area contributed by atoms with E-state index >= 15 is 0 Å². The van der Waals surface area contributed by atoms with Gasteiger partial charge >= 0.3 is 5.97 Å². The van der Waals surface area contributed by atoms with E-state index in [1.54, 1.807) is 28.4 Å². The molecule has 2 aromatic rings. The molecule has 0 saturated carbocycles. The average Bonchev–Trinajstić information content (AvgIpc) is 2.67. The summed E-state index contributed by atoms with van der Waals surface area (Å²) in [6.45, 7) is 4.34. The van der Waals surface area contributed by atoms with Gasteiger partial charge in [0.1, 0.15) is 11.6 Å². The fourth-order valence-electron chi connectivity index (χ4n) is 1.84. The second-order valence-electron chi connectivity index (χ2n) is 4.48. The minimum absolute atomic E-state index is 0.0853.